The molecule has 2 heterocycles. The van der Waals surface area contributed by atoms with Crippen molar-refractivity contribution >= 4 is 11.8 Å². The number of benzene rings is 1. The second-order valence-corrected chi connectivity index (χ2v) is 5.54. The van der Waals surface area contributed by atoms with Crippen molar-refractivity contribution in [2.45, 2.75) is 12.8 Å². The van der Waals surface area contributed by atoms with E-state index >= 15 is 0 Å². The number of nitrogen functional groups attached to an aromatic ring is 1. The SMILES string of the molecule is COC(=O)C(C)c1nc(N)c(C#N)c(-c2ccc3c(c2)OCO3)c1C#N. The first-order valence-corrected chi connectivity index (χ1v) is 7.63. The molecule has 0 spiro atoms. The Morgan fingerprint density at radius 2 is 1.96 bits per heavy atom. The van der Waals surface area contributed by atoms with Crippen LogP contribution in [0, 0.1) is 22.7 Å². The minimum absolute atomic E-state index is 0.0567. The van der Waals surface area contributed by atoms with Crippen LogP contribution in [0.4, 0.5) is 5.82 Å². The smallest absolute Gasteiger partial charge is 0.314 e. The van der Waals surface area contributed by atoms with Gasteiger partial charge in [-0.25, -0.2) is 4.98 Å². The average Bonchev–Trinajstić information content (AvgIpc) is 3.13. The lowest BCUT2D eigenvalue weighted by Gasteiger charge is -2.16. The minimum Gasteiger partial charge on any atom is -0.469 e. The molecule has 1 aliphatic rings. The Labute approximate surface area is 149 Å². The third kappa shape index (κ3) is 2.64. The zero-order valence-electron chi connectivity index (χ0n) is 14.1. The fraction of sp³-hybridized carbons (Fsp3) is 0.222. The number of hydrogen-bond donors (Lipinski definition) is 1. The predicted octanol–water partition coefficient (Wildman–Crippen LogP) is 2.08. The molecule has 0 amide bonds. The number of fused-ring (bicyclic) bond motifs is 1. The number of aromatic nitrogens is 1. The van der Waals surface area contributed by atoms with Gasteiger partial charge in [-0.1, -0.05) is 6.07 Å². The van der Waals surface area contributed by atoms with Crippen molar-refractivity contribution in [1.29, 1.82) is 10.5 Å². The summed E-state index contributed by atoms with van der Waals surface area (Å²) in [5.41, 5.74) is 7.07. The van der Waals surface area contributed by atoms with Gasteiger partial charge in [0.25, 0.3) is 0 Å². The summed E-state index contributed by atoms with van der Waals surface area (Å²) in [5, 5.41) is 19.3. The molecule has 1 aliphatic heterocycles. The van der Waals surface area contributed by atoms with E-state index in [4.69, 9.17) is 19.9 Å². The molecule has 0 saturated heterocycles. The van der Waals surface area contributed by atoms with Crippen LogP contribution in [0.15, 0.2) is 18.2 Å². The average molecular weight is 350 g/mol. The quantitative estimate of drug-likeness (QED) is 0.832. The molecule has 1 aromatic heterocycles. The van der Waals surface area contributed by atoms with Gasteiger partial charge in [0, 0.05) is 5.56 Å². The molecule has 130 valence electrons. The van der Waals surface area contributed by atoms with Crippen LogP contribution in [-0.2, 0) is 9.53 Å². The van der Waals surface area contributed by atoms with Gasteiger partial charge in [-0.15, -0.1) is 0 Å². The summed E-state index contributed by atoms with van der Waals surface area (Å²) in [6, 6.07) is 9.06. The number of rotatable bonds is 3. The lowest BCUT2D eigenvalue weighted by atomic mass is 9.91. The van der Waals surface area contributed by atoms with Crippen LogP contribution in [0.1, 0.15) is 29.7 Å². The Balaban J connectivity index is 2.30. The van der Waals surface area contributed by atoms with Crippen molar-refractivity contribution in [3.63, 3.8) is 0 Å². The number of nitriles is 2. The zero-order valence-corrected chi connectivity index (χ0v) is 14.1. The number of ether oxygens (including phenoxy) is 3. The summed E-state index contributed by atoms with van der Waals surface area (Å²) in [7, 11) is 1.25. The molecule has 2 N–H and O–H groups in total. The van der Waals surface area contributed by atoms with E-state index in [1.807, 2.05) is 12.1 Å². The molecule has 0 saturated carbocycles. The van der Waals surface area contributed by atoms with Gasteiger partial charge in [0.2, 0.25) is 6.79 Å². The van der Waals surface area contributed by atoms with Gasteiger partial charge < -0.3 is 19.9 Å². The molecular formula is C18H14N4O4. The van der Waals surface area contributed by atoms with Gasteiger partial charge in [-0.3, -0.25) is 4.79 Å². The highest BCUT2D eigenvalue weighted by atomic mass is 16.7. The van der Waals surface area contributed by atoms with E-state index in [1.165, 1.54) is 7.11 Å². The number of pyridine rings is 1. The summed E-state index contributed by atoms with van der Waals surface area (Å²) in [5.74, 6) is -0.388. The Morgan fingerprint density at radius 1 is 1.27 bits per heavy atom. The molecule has 0 bridgehead atoms. The van der Waals surface area contributed by atoms with Crippen LogP contribution in [0.25, 0.3) is 11.1 Å². The van der Waals surface area contributed by atoms with Crippen LogP contribution < -0.4 is 15.2 Å². The molecule has 1 aromatic carbocycles. The Morgan fingerprint density at radius 3 is 2.62 bits per heavy atom. The highest BCUT2D eigenvalue weighted by molar-refractivity contribution is 5.86. The number of nitrogens with zero attached hydrogens (tertiary/aromatic N) is 3. The first-order chi connectivity index (χ1) is 12.5. The van der Waals surface area contributed by atoms with Crippen LogP contribution >= 0.6 is 0 Å². The Bertz CT molecular complexity index is 988. The molecule has 26 heavy (non-hydrogen) atoms. The van der Waals surface area contributed by atoms with E-state index in [0.29, 0.717) is 22.6 Å². The lowest BCUT2D eigenvalue weighted by molar-refractivity contribution is -0.142. The molecule has 1 unspecified atom stereocenters. The maximum Gasteiger partial charge on any atom is 0.314 e. The topological polar surface area (TPSA) is 131 Å². The van der Waals surface area contributed by atoms with Crippen LogP contribution in [0.2, 0.25) is 0 Å². The summed E-state index contributed by atoms with van der Waals surface area (Å²) in [6.45, 7) is 1.65. The third-order valence-corrected chi connectivity index (χ3v) is 4.10. The molecule has 3 rings (SSSR count). The number of carbonyl (C=O) groups is 1. The number of anilines is 1. The third-order valence-electron chi connectivity index (χ3n) is 4.10. The number of nitrogens with two attached hydrogens (primary N) is 1. The fourth-order valence-electron chi connectivity index (χ4n) is 2.79. The largest absolute Gasteiger partial charge is 0.469 e. The van der Waals surface area contributed by atoms with Crippen LogP contribution in [0.5, 0.6) is 11.5 Å². The molecule has 8 heteroatoms. The normalized spacial score (nSPS) is 12.8. The second kappa shape index (κ2) is 6.61. The van der Waals surface area contributed by atoms with Crippen molar-refractivity contribution in [3.05, 3.63) is 35.0 Å². The van der Waals surface area contributed by atoms with Crippen LogP contribution in [-0.4, -0.2) is 24.9 Å². The monoisotopic (exact) mass is 350 g/mol. The van der Waals surface area contributed by atoms with Gasteiger partial charge in [-0.2, -0.15) is 10.5 Å². The van der Waals surface area contributed by atoms with Gasteiger partial charge in [0.15, 0.2) is 11.5 Å². The highest BCUT2D eigenvalue weighted by Gasteiger charge is 2.28. The zero-order chi connectivity index (χ0) is 18.8. The van der Waals surface area contributed by atoms with E-state index in [2.05, 4.69) is 4.98 Å². The summed E-state index contributed by atoms with van der Waals surface area (Å²) in [4.78, 5) is 16.1. The molecular weight excluding hydrogens is 336 g/mol. The van der Waals surface area contributed by atoms with E-state index in [9.17, 15) is 15.3 Å². The Hall–Kier alpha value is -3.78. The molecule has 8 nitrogen and oxygen atoms in total. The van der Waals surface area contributed by atoms with Crippen LogP contribution in [0.3, 0.4) is 0 Å². The standard InChI is InChI=1S/C18H14N4O4/c1-9(18(23)24-2)16-11(6-19)15(12(7-20)17(21)22-16)10-3-4-13-14(5-10)26-8-25-13/h3-5,9H,8H2,1-2H3,(H2,21,22). The maximum absolute atomic E-state index is 11.9. The maximum atomic E-state index is 11.9. The summed E-state index contributed by atoms with van der Waals surface area (Å²) >= 11 is 0. The molecule has 0 aliphatic carbocycles. The van der Waals surface area contributed by atoms with E-state index in [0.717, 1.165) is 0 Å². The number of methoxy groups -OCH3 is 1. The minimum atomic E-state index is -0.822. The highest BCUT2D eigenvalue weighted by Crippen LogP contribution is 2.40. The van der Waals surface area contributed by atoms with Gasteiger partial charge in [0.1, 0.15) is 23.5 Å². The molecule has 0 radical (unpaired) electrons. The molecule has 1 atom stereocenters. The summed E-state index contributed by atoms with van der Waals surface area (Å²) < 4.78 is 15.4. The summed E-state index contributed by atoms with van der Waals surface area (Å²) in [6.07, 6.45) is 0. The van der Waals surface area contributed by atoms with Gasteiger partial charge in [0.05, 0.1) is 24.3 Å². The van der Waals surface area contributed by atoms with E-state index < -0.39 is 11.9 Å². The number of esters is 1. The Kier molecular flexibility index (Phi) is 4.34. The first kappa shape index (κ1) is 17.1. The lowest BCUT2D eigenvalue weighted by Crippen LogP contribution is -2.16. The van der Waals surface area contributed by atoms with Crippen molar-refractivity contribution in [2.24, 2.45) is 0 Å². The molecule has 0 fully saturated rings. The van der Waals surface area contributed by atoms with Crippen molar-refractivity contribution in [2.75, 3.05) is 19.6 Å². The van der Waals surface area contributed by atoms with Crippen molar-refractivity contribution in [3.8, 4) is 34.8 Å². The number of carbonyl (C=O) groups excluding carboxylic acids is 1. The van der Waals surface area contributed by atoms with Crippen molar-refractivity contribution < 1.29 is 19.0 Å². The fourth-order valence-corrected chi connectivity index (χ4v) is 2.79. The predicted molar refractivity (Wildman–Crippen MR) is 90.1 cm³/mol. The molecule has 2 aromatic rings. The number of hydrogen-bond acceptors (Lipinski definition) is 8. The first-order valence-electron chi connectivity index (χ1n) is 7.63. The van der Waals surface area contributed by atoms with Gasteiger partial charge in [-0.05, 0) is 24.6 Å². The second-order valence-electron chi connectivity index (χ2n) is 5.54. The van der Waals surface area contributed by atoms with Crippen molar-refractivity contribution in [1.82, 2.24) is 4.98 Å². The van der Waals surface area contributed by atoms with E-state index in [1.54, 1.807) is 25.1 Å². The van der Waals surface area contributed by atoms with Gasteiger partial charge >= 0.3 is 5.97 Å². The van der Waals surface area contributed by atoms with E-state index in [-0.39, 0.29) is 29.4 Å².